The highest BCUT2D eigenvalue weighted by Crippen LogP contribution is 2.26. The average molecular weight is 351 g/mol. The molecule has 2 aromatic rings. The molecule has 6 heteroatoms. The van der Waals surface area contributed by atoms with Crippen LogP contribution in [0.3, 0.4) is 0 Å². The topological polar surface area (TPSA) is 29.1 Å². The second-order valence-electron chi connectivity index (χ2n) is 3.21. The Morgan fingerprint density at radius 1 is 1.24 bits per heavy atom. The molecule has 0 aliphatic carbocycles. The number of carbonyl (C=O) groups is 1. The van der Waals surface area contributed by atoms with Gasteiger partial charge >= 0.3 is 0 Å². The van der Waals surface area contributed by atoms with Crippen molar-refractivity contribution in [3.05, 3.63) is 49.0 Å². The van der Waals surface area contributed by atoms with E-state index < -0.39 is 0 Å². The molecule has 0 unspecified atom stereocenters. The van der Waals surface area contributed by atoms with Crippen molar-refractivity contribution in [2.45, 2.75) is 0 Å². The SMILES string of the molecule is O=C(Nc1cc(Cl)cc(Cl)c1)c1sccc1Br. The molecule has 0 saturated carbocycles. The average Bonchev–Trinajstić information content (AvgIpc) is 2.62. The molecule has 0 spiro atoms. The first kappa shape index (κ1) is 12.9. The van der Waals surface area contributed by atoms with E-state index >= 15 is 0 Å². The van der Waals surface area contributed by atoms with Crippen LogP contribution in [0.25, 0.3) is 0 Å². The fourth-order valence-electron chi connectivity index (χ4n) is 1.27. The Balaban J connectivity index is 2.21. The lowest BCUT2D eigenvalue weighted by Crippen LogP contribution is -2.10. The molecule has 0 radical (unpaired) electrons. The highest BCUT2D eigenvalue weighted by molar-refractivity contribution is 9.10. The molecule has 0 aliphatic heterocycles. The molecule has 0 fully saturated rings. The largest absolute Gasteiger partial charge is 0.321 e. The van der Waals surface area contributed by atoms with Crippen LogP contribution >= 0.6 is 50.5 Å². The van der Waals surface area contributed by atoms with Crippen molar-refractivity contribution in [3.8, 4) is 0 Å². The van der Waals surface area contributed by atoms with Crippen LogP contribution in [0, 0.1) is 0 Å². The number of amides is 1. The molecule has 1 amide bonds. The van der Waals surface area contributed by atoms with E-state index in [1.54, 1.807) is 18.2 Å². The molecular formula is C11H6BrCl2NOS. The van der Waals surface area contributed by atoms with Crippen LogP contribution in [0.4, 0.5) is 5.69 Å². The Bertz CT molecular complexity index is 550. The summed E-state index contributed by atoms with van der Waals surface area (Å²) in [5, 5.41) is 5.55. The van der Waals surface area contributed by atoms with Crippen molar-refractivity contribution in [1.29, 1.82) is 0 Å². The van der Waals surface area contributed by atoms with Gasteiger partial charge in [-0.15, -0.1) is 11.3 Å². The zero-order chi connectivity index (χ0) is 12.4. The maximum atomic E-state index is 11.9. The summed E-state index contributed by atoms with van der Waals surface area (Å²) in [7, 11) is 0. The molecule has 0 aliphatic rings. The van der Waals surface area contributed by atoms with E-state index in [2.05, 4.69) is 21.2 Å². The van der Waals surface area contributed by atoms with E-state index in [0.717, 1.165) is 4.47 Å². The fraction of sp³-hybridized carbons (Fsp3) is 0. The van der Waals surface area contributed by atoms with Crippen molar-refractivity contribution in [2.24, 2.45) is 0 Å². The Morgan fingerprint density at radius 2 is 1.88 bits per heavy atom. The first-order valence-corrected chi connectivity index (χ1v) is 6.99. The smallest absolute Gasteiger partial charge is 0.266 e. The highest BCUT2D eigenvalue weighted by atomic mass is 79.9. The normalized spacial score (nSPS) is 10.3. The molecule has 2 rings (SSSR count). The van der Waals surface area contributed by atoms with Gasteiger partial charge in [0.25, 0.3) is 5.91 Å². The summed E-state index contributed by atoms with van der Waals surface area (Å²) in [4.78, 5) is 12.5. The predicted molar refractivity (Wildman–Crippen MR) is 76.4 cm³/mol. The van der Waals surface area contributed by atoms with Crippen LogP contribution in [-0.4, -0.2) is 5.91 Å². The summed E-state index contributed by atoms with van der Waals surface area (Å²) in [5.74, 6) is -0.190. The minimum absolute atomic E-state index is 0.190. The van der Waals surface area contributed by atoms with Gasteiger partial charge in [0.15, 0.2) is 0 Å². The van der Waals surface area contributed by atoms with Gasteiger partial charge in [0.05, 0.1) is 0 Å². The number of thiophene rings is 1. The van der Waals surface area contributed by atoms with E-state index in [1.807, 2.05) is 11.4 Å². The molecule has 17 heavy (non-hydrogen) atoms. The first-order valence-electron chi connectivity index (χ1n) is 4.56. The van der Waals surface area contributed by atoms with Gasteiger partial charge in [-0.1, -0.05) is 23.2 Å². The molecular weight excluding hydrogens is 345 g/mol. The number of anilines is 1. The summed E-state index contributed by atoms with van der Waals surface area (Å²) >= 11 is 16.4. The van der Waals surface area contributed by atoms with Crippen LogP contribution in [0.1, 0.15) is 9.67 Å². The summed E-state index contributed by atoms with van der Waals surface area (Å²) in [5.41, 5.74) is 0.577. The number of rotatable bonds is 2. The van der Waals surface area contributed by atoms with Crippen LogP contribution in [-0.2, 0) is 0 Å². The lowest BCUT2D eigenvalue weighted by molar-refractivity contribution is 0.103. The lowest BCUT2D eigenvalue weighted by Gasteiger charge is -2.05. The van der Waals surface area contributed by atoms with Crippen LogP contribution in [0.15, 0.2) is 34.1 Å². The Morgan fingerprint density at radius 3 is 2.41 bits per heavy atom. The minimum Gasteiger partial charge on any atom is -0.321 e. The van der Waals surface area contributed by atoms with Crippen molar-refractivity contribution in [3.63, 3.8) is 0 Å². The number of halogens is 3. The Kier molecular flexibility index (Phi) is 4.09. The van der Waals surface area contributed by atoms with Gasteiger partial charge in [-0.3, -0.25) is 4.79 Å². The number of carbonyl (C=O) groups excluding carboxylic acids is 1. The monoisotopic (exact) mass is 349 g/mol. The van der Waals surface area contributed by atoms with Gasteiger partial charge in [-0.2, -0.15) is 0 Å². The molecule has 2 nitrogen and oxygen atoms in total. The van der Waals surface area contributed by atoms with E-state index in [1.165, 1.54) is 11.3 Å². The summed E-state index contributed by atoms with van der Waals surface area (Å²) in [6.45, 7) is 0. The van der Waals surface area contributed by atoms with Crippen molar-refractivity contribution >= 4 is 62.1 Å². The van der Waals surface area contributed by atoms with Gasteiger partial charge < -0.3 is 5.32 Å². The second-order valence-corrected chi connectivity index (χ2v) is 5.85. The van der Waals surface area contributed by atoms with Gasteiger partial charge in [-0.05, 0) is 45.6 Å². The van der Waals surface area contributed by atoms with Crippen molar-refractivity contribution in [2.75, 3.05) is 5.32 Å². The maximum absolute atomic E-state index is 11.9. The van der Waals surface area contributed by atoms with Crippen LogP contribution in [0.5, 0.6) is 0 Å². The van der Waals surface area contributed by atoms with E-state index in [4.69, 9.17) is 23.2 Å². The number of hydrogen-bond acceptors (Lipinski definition) is 2. The fourth-order valence-corrected chi connectivity index (χ4v) is 3.24. The number of nitrogens with one attached hydrogen (secondary N) is 1. The van der Waals surface area contributed by atoms with Gasteiger partial charge in [0.2, 0.25) is 0 Å². The lowest BCUT2D eigenvalue weighted by atomic mass is 10.3. The third-order valence-corrected chi connectivity index (χ3v) is 4.22. The minimum atomic E-state index is -0.190. The summed E-state index contributed by atoms with van der Waals surface area (Å²) in [6.07, 6.45) is 0. The van der Waals surface area contributed by atoms with Gasteiger partial charge in [0.1, 0.15) is 4.88 Å². The molecule has 1 N–H and O–H groups in total. The van der Waals surface area contributed by atoms with Crippen LogP contribution in [0.2, 0.25) is 10.0 Å². The van der Waals surface area contributed by atoms with Gasteiger partial charge in [-0.25, -0.2) is 0 Å². The van der Waals surface area contributed by atoms with E-state index in [-0.39, 0.29) is 5.91 Å². The Labute approximate surface area is 121 Å². The summed E-state index contributed by atoms with van der Waals surface area (Å²) < 4.78 is 0.771. The van der Waals surface area contributed by atoms with E-state index in [0.29, 0.717) is 20.6 Å². The van der Waals surface area contributed by atoms with E-state index in [9.17, 15) is 4.79 Å². The molecule has 0 atom stereocenters. The third-order valence-electron chi connectivity index (χ3n) is 1.94. The molecule has 0 saturated heterocycles. The zero-order valence-electron chi connectivity index (χ0n) is 8.34. The van der Waals surface area contributed by atoms with Crippen molar-refractivity contribution in [1.82, 2.24) is 0 Å². The summed E-state index contributed by atoms with van der Waals surface area (Å²) in [6, 6.07) is 6.73. The standard InChI is InChI=1S/C11H6BrCl2NOS/c12-9-1-2-17-10(9)11(16)15-8-4-6(13)3-7(14)5-8/h1-5H,(H,15,16). The number of benzene rings is 1. The van der Waals surface area contributed by atoms with Crippen LogP contribution < -0.4 is 5.32 Å². The quantitative estimate of drug-likeness (QED) is 0.804. The molecule has 0 bridgehead atoms. The zero-order valence-corrected chi connectivity index (χ0v) is 12.3. The molecule has 1 heterocycles. The molecule has 1 aromatic carbocycles. The molecule has 88 valence electrons. The number of hydrogen-bond donors (Lipinski definition) is 1. The first-order chi connectivity index (χ1) is 8.06. The second kappa shape index (κ2) is 5.40. The Hall–Kier alpha value is -0.550. The predicted octanol–water partition coefficient (Wildman–Crippen LogP) is 5.07. The maximum Gasteiger partial charge on any atom is 0.266 e. The van der Waals surface area contributed by atoms with Crippen molar-refractivity contribution < 1.29 is 4.79 Å². The molecule has 1 aromatic heterocycles. The highest BCUT2D eigenvalue weighted by Gasteiger charge is 2.12. The van der Waals surface area contributed by atoms with Gasteiger partial charge in [0, 0.05) is 20.2 Å². The third kappa shape index (κ3) is 3.22.